The molecule has 1 unspecified atom stereocenters. The summed E-state index contributed by atoms with van der Waals surface area (Å²) in [6.45, 7) is 10.9. The minimum atomic E-state index is 0.428. The molecule has 2 aliphatic rings. The summed E-state index contributed by atoms with van der Waals surface area (Å²) >= 11 is 0. The van der Waals surface area contributed by atoms with E-state index in [1.807, 2.05) is 0 Å². The molecule has 106 valence electrons. The van der Waals surface area contributed by atoms with Crippen LogP contribution in [0.2, 0.25) is 0 Å². The summed E-state index contributed by atoms with van der Waals surface area (Å²) < 4.78 is 0. The molecule has 1 aliphatic carbocycles. The van der Waals surface area contributed by atoms with Gasteiger partial charge in [0.2, 0.25) is 0 Å². The Hall–Kier alpha value is -0.0800. The Bertz CT molecular complexity index is 237. The highest BCUT2D eigenvalue weighted by Gasteiger charge is 2.35. The maximum Gasteiger partial charge on any atom is 0.0306 e. The van der Waals surface area contributed by atoms with Crippen LogP contribution in [0.5, 0.6) is 0 Å². The molecule has 2 rings (SSSR count). The number of nitrogens with one attached hydrogen (secondary N) is 1. The van der Waals surface area contributed by atoms with Gasteiger partial charge in [0.15, 0.2) is 0 Å². The third-order valence-electron chi connectivity index (χ3n) is 4.96. The number of rotatable bonds is 6. The quantitative estimate of drug-likeness (QED) is 0.779. The zero-order valence-corrected chi connectivity index (χ0v) is 12.7. The lowest BCUT2D eigenvalue weighted by Crippen LogP contribution is -2.52. The number of nitrogens with zero attached hydrogens (tertiary/aromatic N) is 1. The molecule has 1 saturated heterocycles. The summed E-state index contributed by atoms with van der Waals surface area (Å²) in [5.41, 5.74) is 0.428. The molecule has 2 nitrogen and oxygen atoms in total. The normalized spacial score (nSPS) is 29.8. The lowest BCUT2D eigenvalue weighted by Gasteiger charge is -2.39. The van der Waals surface area contributed by atoms with Crippen molar-refractivity contribution in [1.82, 2.24) is 10.2 Å². The Balaban J connectivity index is 1.98. The van der Waals surface area contributed by atoms with E-state index in [4.69, 9.17) is 0 Å². The van der Waals surface area contributed by atoms with Crippen LogP contribution in [0.4, 0.5) is 0 Å². The first-order chi connectivity index (χ1) is 8.65. The third-order valence-corrected chi connectivity index (χ3v) is 4.96. The van der Waals surface area contributed by atoms with Crippen LogP contribution in [0.15, 0.2) is 0 Å². The van der Waals surface area contributed by atoms with Crippen LogP contribution in [-0.4, -0.2) is 36.1 Å². The standard InChI is InChI=1S/C16H32N2/c1-4-16(10-7-11-17-16)13-18(12-14(2)3)15-8-5-6-9-15/h14-15,17H,4-13H2,1-3H3. The van der Waals surface area contributed by atoms with Gasteiger partial charge in [0.1, 0.15) is 0 Å². The average Bonchev–Trinajstić information content (AvgIpc) is 2.99. The van der Waals surface area contributed by atoms with Crippen LogP contribution in [-0.2, 0) is 0 Å². The molecule has 18 heavy (non-hydrogen) atoms. The largest absolute Gasteiger partial charge is 0.310 e. The highest BCUT2D eigenvalue weighted by Crippen LogP contribution is 2.30. The van der Waals surface area contributed by atoms with E-state index in [-0.39, 0.29) is 0 Å². The van der Waals surface area contributed by atoms with Gasteiger partial charge < -0.3 is 5.32 Å². The molecule has 2 fully saturated rings. The maximum absolute atomic E-state index is 3.81. The van der Waals surface area contributed by atoms with Crippen molar-refractivity contribution in [3.05, 3.63) is 0 Å². The highest BCUT2D eigenvalue weighted by molar-refractivity contribution is 4.96. The molecule has 1 atom stereocenters. The monoisotopic (exact) mass is 252 g/mol. The second-order valence-corrected chi connectivity index (χ2v) is 6.93. The van der Waals surface area contributed by atoms with Crippen LogP contribution in [0, 0.1) is 5.92 Å². The highest BCUT2D eigenvalue weighted by atomic mass is 15.2. The fraction of sp³-hybridized carbons (Fsp3) is 1.00. The van der Waals surface area contributed by atoms with Gasteiger partial charge in [-0.15, -0.1) is 0 Å². The van der Waals surface area contributed by atoms with Crippen molar-refractivity contribution >= 4 is 0 Å². The Labute approximate surface area is 114 Å². The summed E-state index contributed by atoms with van der Waals surface area (Å²) in [4.78, 5) is 2.82. The van der Waals surface area contributed by atoms with Crippen molar-refractivity contribution in [2.75, 3.05) is 19.6 Å². The van der Waals surface area contributed by atoms with Gasteiger partial charge in [0.05, 0.1) is 0 Å². The molecule has 0 aromatic heterocycles. The third kappa shape index (κ3) is 3.48. The molecule has 0 amide bonds. The van der Waals surface area contributed by atoms with Crippen molar-refractivity contribution in [1.29, 1.82) is 0 Å². The summed E-state index contributed by atoms with van der Waals surface area (Å²) in [5.74, 6) is 0.793. The van der Waals surface area contributed by atoms with Crippen molar-refractivity contribution in [3.8, 4) is 0 Å². The minimum Gasteiger partial charge on any atom is -0.310 e. The fourth-order valence-electron chi connectivity index (χ4n) is 3.89. The average molecular weight is 252 g/mol. The number of hydrogen-bond donors (Lipinski definition) is 1. The predicted octanol–water partition coefficient (Wildman–Crippen LogP) is 3.42. The molecule has 0 aromatic rings. The first kappa shape index (κ1) is 14.3. The first-order valence-electron chi connectivity index (χ1n) is 8.14. The zero-order valence-electron chi connectivity index (χ0n) is 12.7. The van der Waals surface area contributed by atoms with Gasteiger partial charge >= 0.3 is 0 Å². The van der Waals surface area contributed by atoms with Crippen LogP contribution in [0.3, 0.4) is 0 Å². The van der Waals surface area contributed by atoms with Crippen molar-refractivity contribution in [2.45, 2.75) is 77.3 Å². The van der Waals surface area contributed by atoms with Crippen LogP contribution < -0.4 is 5.32 Å². The van der Waals surface area contributed by atoms with Gasteiger partial charge in [-0.25, -0.2) is 0 Å². The van der Waals surface area contributed by atoms with E-state index >= 15 is 0 Å². The smallest absolute Gasteiger partial charge is 0.0306 e. The van der Waals surface area contributed by atoms with E-state index in [9.17, 15) is 0 Å². The summed E-state index contributed by atoms with van der Waals surface area (Å²) in [6.07, 6.45) is 9.81. The van der Waals surface area contributed by atoms with E-state index < -0.39 is 0 Å². The minimum absolute atomic E-state index is 0.428. The Morgan fingerprint density at radius 3 is 2.44 bits per heavy atom. The molecule has 1 saturated carbocycles. The lowest BCUT2D eigenvalue weighted by atomic mass is 9.92. The van der Waals surface area contributed by atoms with Crippen molar-refractivity contribution in [3.63, 3.8) is 0 Å². The van der Waals surface area contributed by atoms with Gasteiger partial charge in [-0.3, -0.25) is 4.90 Å². The second kappa shape index (κ2) is 6.38. The van der Waals surface area contributed by atoms with Gasteiger partial charge in [-0.2, -0.15) is 0 Å². The molecule has 0 radical (unpaired) electrons. The molecule has 2 heteroatoms. The molecular formula is C16H32N2. The number of hydrogen-bond acceptors (Lipinski definition) is 2. The van der Waals surface area contributed by atoms with Gasteiger partial charge in [0.25, 0.3) is 0 Å². The zero-order chi connectivity index (χ0) is 13.0. The van der Waals surface area contributed by atoms with Crippen LogP contribution >= 0.6 is 0 Å². The Morgan fingerprint density at radius 1 is 1.22 bits per heavy atom. The second-order valence-electron chi connectivity index (χ2n) is 6.93. The van der Waals surface area contributed by atoms with E-state index in [1.54, 1.807) is 0 Å². The molecule has 1 heterocycles. The predicted molar refractivity (Wildman–Crippen MR) is 78.9 cm³/mol. The van der Waals surface area contributed by atoms with E-state index in [0.29, 0.717) is 5.54 Å². The summed E-state index contributed by atoms with van der Waals surface area (Å²) in [6, 6.07) is 0.873. The van der Waals surface area contributed by atoms with Crippen LogP contribution in [0.1, 0.15) is 65.7 Å². The van der Waals surface area contributed by atoms with Gasteiger partial charge in [0, 0.05) is 24.7 Å². The Morgan fingerprint density at radius 2 is 1.94 bits per heavy atom. The van der Waals surface area contributed by atoms with E-state index in [2.05, 4.69) is 31.0 Å². The van der Waals surface area contributed by atoms with Crippen molar-refractivity contribution in [2.24, 2.45) is 5.92 Å². The topological polar surface area (TPSA) is 15.3 Å². The molecule has 0 bridgehead atoms. The summed E-state index contributed by atoms with van der Waals surface area (Å²) in [7, 11) is 0. The first-order valence-corrected chi connectivity index (χ1v) is 8.14. The van der Waals surface area contributed by atoms with Gasteiger partial charge in [-0.05, 0) is 44.6 Å². The lowest BCUT2D eigenvalue weighted by molar-refractivity contribution is 0.125. The molecule has 1 aliphatic heterocycles. The van der Waals surface area contributed by atoms with Crippen LogP contribution in [0.25, 0.3) is 0 Å². The Kier molecular flexibility index (Phi) is 5.08. The molecule has 0 spiro atoms. The van der Waals surface area contributed by atoms with Gasteiger partial charge in [-0.1, -0.05) is 33.6 Å². The SMILES string of the molecule is CCC1(CN(CC(C)C)C2CCCC2)CCCN1. The van der Waals surface area contributed by atoms with Crippen molar-refractivity contribution < 1.29 is 0 Å². The molecular weight excluding hydrogens is 220 g/mol. The fourth-order valence-corrected chi connectivity index (χ4v) is 3.89. The maximum atomic E-state index is 3.81. The molecule has 1 N–H and O–H groups in total. The van der Waals surface area contributed by atoms with E-state index in [1.165, 1.54) is 64.6 Å². The van der Waals surface area contributed by atoms with E-state index in [0.717, 1.165) is 12.0 Å². The summed E-state index contributed by atoms with van der Waals surface area (Å²) in [5, 5.41) is 3.81. The molecule has 0 aromatic carbocycles.